The zero-order valence-corrected chi connectivity index (χ0v) is 7.78. The van der Waals surface area contributed by atoms with Gasteiger partial charge in [0.25, 0.3) is 0 Å². The van der Waals surface area contributed by atoms with E-state index in [1.807, 2.05) is 0 Å². The molecular formula is C8H12N2O4. The van der Waals surface area contributed by atoms with Crippen molar-refractivity contribution < 1.29 is 15.0 Å². The van der Waals surface area contributed by atoms with E-state index in [0.29, 0.717) is 18.5 Å². The Balaban J connectivity index is 3.10. The van der Waals surface area contributed by atoms with Gasteiger partial charge in [-0.15, -0.1) is 0 Å². The van der Waals surface area contributed by atoms with Crippen molar-refractivity contribution in [2.45, 2.75) is 12.8 Å². The van der Waals surface area contributed by atoms with Crippen LogP contribution in [0.4, 0.5) is 0 Å². The number of imidazole rings is 1. The van der Waals surface area contributed by atoms with E-state index < -0.39 is 11.7 Å². The maximum Gasteiger partial charge on any atom is 0.354 e. The number of aromatic carboxylic acids is 1. The molecule has 1 rings (SSSR count). The van der Waals surface area contributed by atoms with Gasteiger partial charge in [0.1, 0.15) is 5.69 Å². The van der Waals surface area contributed by atoms with Gasteiger partial charge in [0.2, 0.25) is 0 Å². The van der Waals surface area contributed by atoms with E-state index in [9.17, 15) is 9.59 Å². The molecule has 0 saturated heterocycles. The normalized spacial score (nSPS) is 10.4. The molecule has 0 fully saturated rings. The molecule has 0 aromatic carbocycles. The number of H-pyrrole nitrogens is 1. The maximum absolute atomic E-state index is 11.1. The molecule has 6 nitrogen and oxygen atoms in total. The van der Waals surface area contributed by atoms with Crippen LogP contribution in [0.1, 0.15) is 22.6 Å². The standard InChI is InChI=1S/C8H12N2O4/c1-10-5(3-2-4-11)6(7(12)13)9-8(10)14/h11H,2-4H2,1H3,(H,9,14)(H,12,13). The number of aromatic nitrogens is 2. The molecule has 0 unspecified atom stereocenters. The summed E-state index contributed by atoms with van der Waals surface area (Å²) in [6.45, 7) is -0.0293. The molecule has 0 amide bonds. The van der Waals surface area contributed by atoms with Gasteiger partial charge in [-0.3, -0.25) is 9.55 Å². The van der Waals surface area contributed by atoms with Gasteiger partial charge in [-0.05, 0) is 12.8 Å². The van der Waals surface area contributed by atoms with Crippen LogP contribution in [0.3, 0.4) is 0 Å². The lowest BCUT2D eigenvalue weighted by atomic mass is 10.2. The second kappa shape index (κ2) is 4.10. The molecule has 0 aliphatic rings. The largest absolute Gasteiger partial charge is 0.477 e. The Labute approximate surface area is 79.8 Å². The molecule has 1 aromatic rings. The monoisotopic (exact) mass is 200 g/mol. The number of hydrogen-bond acceptors (Lipinski definition) is 3. The Hall–Kier alpha value is -1.56. The van der Waals surface area contributed by atoms with E-state index in [4.69, 9.17) is 10.2 Å². The van der Waals surface area contributed by atoms with Gasteiger partial charge in [0.15, 0.2) is 0 Å². The highest BCUT2D eigenvalue weighted by molar-refractivity contribution is 5.86. The van der Waals surface area contributed by atoms with Crippen LogP contribution in [0.5, 0.6) is 0 Å². The SMILES string of the molecule is Cn1c(CCCO)c(C(=O)O)[nH]c1=O. The fraction of sp³-hybridized carbons (Fsp3) is 0.500. The summed E-state index contributed by atoms with van der Waals surface area (Å²) in [6, 6.07) is 0. The number of aromatic amines is 1. The highest BCUT2D eigenvalue weighted by atomic mass is 16.4. The van der Waals surface area contributed by atoms with Crippen molar-refractivity contribution in [1.29, 1.82) is 0 Å². The maximum atomic E-state index is 11.1. The molecule has 78 valence electrons. The second-order valence-corrected chi connectivity index (χ2v) is 2.94. The van der Waals surface area contributed by atoms with Crippen LogP contribution in [0, 0.1) is 0 Å². The summed E-state index contributed by atoms with van der Waals surface area (Å²) in [6.07, 6.45) is 0.804. The van der Waals surface area contributed by atoms with Gasteiger partial charge in [-0.1, -0.05) is 0 Å². The number of carbonyl (C=O) groups is 1. The minimum absolute atomic E-state index is 0.0293. The van der Waals surface area contributed by atoms with Crippen molar-refractivity contribution in [3.63, 3.8) is 0 Å². The summed E-state index contributed by atoms with van der Waals surface area (Å²) in [5, 5.41) is 17.4. The molecule has 0 aliphatic carbocycles. The number of carboxylic acids is 1. The summed E-state index contributed by atoms with van der Waals surface area (Å²) in [4.78, 5) is 24.1. The van der Waals surface area contributed by atoms with E-state index in [0.717, 1.165) is 0 Å². The van der Waals surface area contributed by atoms with Crippen molar-refractivity contribution in [2.75, 3.05) is 6.61 Å². The van der Waals surface area contributed by atoms with E-state index in [1.165, 1.54) is 11.6 Å². The van der Waals surface area contributed by atoms with Crippen molar-refractivity contribution in [3.05, 3.63) is 21.9 Å². The number of aliphatic hydroxyl groups is 1. The number of hydrogen-bond donors (Lipinski definition) is 3. The lowest BCUT2D eigenvalue weighted by Crippen LogP contribution is -2.14. The molecule has 6 heteroatoms. The summed E-state index contributed by atoms with van der Waals surface area (Å²) in [5.74, 6) is -1.16. The average Bonchev–Trinajstić information content (AvgIpc) is 2.41. The Morgan fingerprint density at radius 1 is 1.57 bits per heavy atom. The first-order valence-corrected chi connectivity index (χ1v) is 4.20. The third kappa shape index (κ3) is 1.85. The molecule has 14 heavy (non-hydrogen) atoms. The smallest absolute Gasteiger partial charge is 0.354 e. The van der Waals surface area contributed by atoms with Crippen LogP contribution in [0.2, 0.25) is 0 Å². The first kappa shape index (κ1) is 10.5. The molecule has 0 atom stereocenters. The summed E-state index contributed by atoms with van der Waals surface area (Å²) < 4.78 is 1.25. The van der Waals surface area contributed by atoms with Crippen LogP contribution in [0.25, 0.3) is 0 Å². The lowest BCUT2D eigenvalue weighted by Gasteiger charge is -2.01. The molecule has 0 saturated carbocycles. The third-order valence-electron chi connectivity index (χ3n) is 2.02. The van der Waals surface area contributed by atoms with Gasteiger partial charge >= 0.3 is 11.7 Å². The Morgan fingerprint density at radius 3 is 2.71 bits per heavy atom. The minimum Gasteiger partial charge on any atom is -0.477 e. The fourth-order valence-electron chi connectivity index (χ4n) is 1.27. The molecular weight excluding hydrogens is 188 g/mol. The van der Waals surface area contributed by atoms with E-state index in [2.05, 4.69) is 4.98 Å². The van der Waals surface area contributed by atoms with Crippen molar-refractivity contribution in [3.8, 4) is 0 Å². The Kier molecular flexibility index (Phi) is 3.08. The molecule has 3 N–H and O–H groups in total. The average molecular weight is 200 g/mol. The molecule has 0 aliphatic heterocycles. The minimum atomic E-state index is -1.16. The van der Waals surface area contributed by atoms with Gasteiger partial charge in [0.05, 0.1) is 5.69 Å². The Morgan fingerprint density at radius 2 is 2.21 bits per heavy atom. The molecule has 1 heterocycles. The van der Waals surface area contributed by atoms with Crippen molar-refractivity contribution in [1.82, 2.24) is 9.55 Å². The summed E-state index contributed by atoms with van der Waals surface area (Å²) >= 11 is 0. The number of carboxylic acid groups (broad SMARTS) is 1. The number of rotatable bonds is 4. The Bertz CT molecular complexity index is 391. The van der Waals surface area contributed by atoms with Crippen LogP contribution in [0.15, 0.2) is 4.79 Å². The van der Waals surface area contributed by atoms with Crippen molar-refractivity contribution in [2.24, 2.45) is 7.05 Å². The van der Waals surface area contributed by atoms with Crippen LogP contribution in [-0.4, -0.2) is 32.3 Å². The topological polar surface area (TPSA) is 95.3 Å². The van der Waals surface area contributed by atoms with Crippen molar-refractivity contribution >= 4 is 5.97 Å². The predicted molar refractivity (Wildman–Crippen MR) is 48.4 cm³/mol. The van der Waals surface area contributed by atoms with Gasteiger partial charge in [0, 0.05) is 13.7 Å². The molecule has 1 aromatic heterocycles. The highest BCUT2D eigenvalue weighted by Crippen LogP contribution is 2.05. The highest BCUT2D eigenvalue weighted by Gasteiger charge is 2.16. The van der Waals surface area contributed by atoms with E-state index in [1.54, 1.807) is 0 Å². The van der Waals surface area contributed by atoms with Gasteiger partial charge in [-0.2, -0.15) is 0 Å². The summed E-state index contributed by atoms with van der Waals surface area (Å²) in [7, 11) is 1.50. The number of nitrogens with zero attached hydrogens (tertiary/aromatic N) is 1. The number of aliphatic hydroxyl groups excluding tert-OH is 1. The number of nitrogens with one attached hydrogen (secondary N) is 1. The quantitative estimate of drug-likeness (QED) is 0.601. The second-order valence-electron chi connectivity index (χ2n) is 2.94. The predicted octanol–water partition coefficient (Wildman–Crippen LogP) is -0.664. The van der Waals surface area contributed by atoms with Crippen LogP contribution in [-0.2, 0) is 13.5 Å². The zero-order valence-electron chi connectivity index (χ0n) is 7.78. The first-order chi connectivity index (χ1) is 6.57. The molecule has 0 spiro atoms. The van der Waals surface area contributed by atoms with Gasteiger partial charge in [-0.25, -0.2) is 9.59 Å². The first-order valence-electron chi connectivity index (χ1n) is 4.20. The third-order valence-corrected chi connectivity index (χ3v) is 2.02. The van der Waals surface area contributed by atoms with E-state index >= 15 is 0 Å². The zero-order chi connectivity index (χ0) is 10.7. The van der Waals surface area contributed by atoms with Crippen LogP contribution >= 0.6 is 0 Å². The molecule has 0 bridgehead atoms. The van der Waals surface area contributed by atoms with Gasteiger partial charge < -0.3 is 10.2 Å². The van der Waals surface area contributed by atoms with Crippen LogP contribution < -0.4 is 5.69 Å². The lowest BCUT2D eigenvalue weighted by molar-refractivity contribution is 0.0689. The fourth-order valence-corrected chi connectivity index (χ4v) is 1.27. The van der Waals surface area contributed by atoms with E-state index in [-0.39, 0.29) is 12.3 Å². The summed E-state index contributed by atoms with van der Waals surface area (Å²) in [5.41, 5.74) is -0.127. The molecule has 0 radical (unpaired) electrons.